The van der Waals surface area contributed by atoms with E-state index in [-0.39, 0.29) is 17.6 Å². The highest BCUT2D eigenvalue weighted by Gasteiger charge is 2.22. The standard InChI is InChI=1S/C22H26N4O3/c1-16(27)17-5-9-20(10-6-17)26-13-11-25(12-14-26)15-21(28)24-19-7-3-18(4-8-19)22(29)23-2/h3-10H,11-15H2,1-2H3,(H,23,29)(H,24,28)/p+1. The highest BCUT2D eigenvalue weighted by molar-refractivity contribution is 5.96. The molecule has 2 aromatic rings. The number of benzene rings is 2. The predicted molar refractivity (Wildman–Crippen MR) is 113 cm³/mol. The fourth-order valence-corrected chi connectivity index (χ4v) is 3.45. The molecular weight excluding hydrogens is 368 g/mol. The van der Waals surface area contributed by atoms with Gasteiger partial charge in [-0.25, -0.2) is 0 Å². The van der Waals surface area contributed by atoms with Crippen LogP contribution in [0.4, 0.5) is 11.4 Å². The van der Waals surface area contributed by atoms with Crippen molar-refractivity contribution in [3.8, 4) is 0 Å². The van der Waals surface area contributed by atoms with Gasteiger partial charge in [-0.15, -0.1) is 0 Å². The molecule has 0 atom stereocenters. The summed E-state index contributed by atoms with van der Waals surface area (Å²) in [5, 5.41) is 5.47. The summed E-state index contributed by atoms with van der Waals surface area (Å²) in [7, 11) is 1.59. The van der Waals surface area contributed by atoms with Crippen molar-refractivity contribution in [3.05, 3.63) is 59.7 Å². The van der Waals surface area contributed by atoms with Gasteiger partial charge in [0.2, 0.25) is 0 Å². The van der Waals surface area contributed by atoms with Crippen molar-refractivity contribution < 1.29 is 19.3 Å². The number of nitrogens with zero attached hydrogens (tertiary/aromatic N) is 1. The van der Waals surface area contributed by atoms with Gasteiger partial charge in [0, 0.05) is 29.5 Å². The van der Waals surface area contributed by atoms with Crippen LogP contribution in [0.1, 0.15) is 27.6 Å². The smallest absolute Gasteiger partial charge is 0.279 e. The van der Waals surface area contributed by atoms with Gasteiger partial charge in [-0.3, -0.25) is 14.4 Å². The van der Waals surface area contributed by atoms with E-state index in [0.29, 0.717) is 17.8 Å². The summed E-state index contributed by atoms with van der Waals surface area (Å²) in [6.45, 7) is 5.45. The number of carbonyl (C=O) groups excluding carboxylic acids is 3. The van der Waals surface area contributed by atoms with Crippen molar-refractivity contribution in [2.75, 3.05) is 50.0 Å². The number of anilines is 2. The minimum Gasteiger partial charge on any atom is -0.360 e. The Morgan fingerprint density at radius 3 is 2.07 bits per heavy atom. The third-order valence-corrected chi connectivity index (χ3v) is 5.18. The molecule has 1 fully saturated rings. The van der Waals surface area contributed by atoms with Crippen molar-refractivity contribution >= 4 is 29.0 Å². The van der Waals surface area contributed by atoms with Gasteiger partial charge in [0.25, 0.3) is 11.8 Å². The number of hydrogen-bond donors (Lipinski definition) is 3. The molecular formula is C22H27N4O3+. The van der Waals surface area contributed by atoms with Crippen LogP contribution < -0.4 is 20.4 Å². The van der Waals surface area contributed by atoms with Gasteiger partial charge in [0.15, 0.2) is 12.3 Å². The van der Waals surface area contributed by atoms with Crippen LogP contribution in [0.2, 0.25) is 0 Å². The van der Waals surface area contributed by atoms with Crippen molar-refractivity contribution in [2.45, 2.75) is 6.92 Å². The van der Waals surface area contributed by atoms with E-state index in [2.05, 4.69) is 15.5 Å². The van der Waals surface area contributed by atoms with Crippen LogP contribution >= 0.6 is 0 Å². The van der Waals surface area contributed by atoms with Gasteiger partial charge in [-0.1, -0.05) is 0 Å². The number of carbonyl (C=O) groups is 3. The van der Waals surface area contributed by atoms with Gasteiger partial charge in [-0.2, -0.15) is 0 Å². The predicted octanol–water partition coefficient (Wildman–Crippen LogP) is 0.592. The number of quaternary nitrogens is 1. The Balaban J connectivity index is 1.47. The number of rotatable bonds is 6. The molecule has 152 valence electrons. The first-order valence-corrected chi connectivity index (χ1v) is 9.78. The third-order valence-electron chi connectivity index (χ3n) is 5.18. The topological polar surface area (TPSA) is 82.9 Å². The van der Waals surface area contributed by atoms with Crippen molar-refractivity contribution in [1.29, 1.82) is 0 Å². The molecule has 1 heterocycles. The molecule has 0 spiro atoms. The van der Waals surface area contributed by atoms with E-state index >= 15 is 0 Å². The molecule has 0 bridgehead atoms. The zero-order chi connectivity index (χ0) is 20.8. The molecule has 1 aliphatic rings. The summed E-state index contributed by atoms with van der Waals surface area (Å²) in [5.74, 6) is -0.117. The molecule has 1 saturated heterocycles. The van der Waals surface area contributed by atoms with Crippen LogP contribution in [-0.4, -0.2) is 57.4 Å². The molecule has 0 unspecified atom stereocenters. The Kier molecular flexibility index (Phi) is 6.61. The SMILES string of the molecule is CNC(=O)c1ccc(NC(=O)C[NH+]2CCN(c3ccc(C(C)=O)cc3)CC2)cc1. The molecule has 1 aliphatic heterocycles. The highest BCUT2D eigenvalue weighted by Crippen LogP contribution is 2.15. The Labute approximate surface area is 170 Å². The second-order valence-electron chi connectivity index (χ2n) is 7.22. The monoisotopic (exact) mass is 395 g/mol. The van der Waals surface area contributed by atoms with Crippen LogP contribution in [0.25, 0.3) is 0 Å². The maximum Gasteiger partial charge on any atom is 0.279 e. The van der Waals surface area contributed by atoms with Gasteiger partial charge in [0.05, 0.1) is 26.2 Å². The maximum absolute atomic E-state index is 12.4. The number of nitrogens with one attached hydrogen (secondary N) is 3. The summed E-state index contributed by atoms with van der Waals surface area (Å²) in [5.41, 5.74) is 3.07. The number of Topliss-reactive ketones (excluding diaryl/α,β-unsaturated/α-hetero) is 1. The number of amides is 2. The van der Waals surface area contributed by atoms with E-state index in [4.69, 9.17) is 0 Å². The van der Waals surface area contributed by atoms with Crippen LogP contribution in [-0.2, 0) is 4.79 Å². The maximum atomic E-state index is 12.4. The van der Waals surface area contributed by atoms with Crippen LogP contribution in [0, 0.1) is 0 Å². The largest absolute Gasteiger partial charge is 0.360 e. The molecule has 2 amide bonds. The van der Waals surface area contributed by atoms with E-state index in [1.54, 1.807) is 38.2 Å². The van der Waals surface area contributed by atoms with E-state index in [1.807, 2.05) is 24.3 Å². The first-order valence-electron chi connectivity index (χ1n) is 9.78. The summed E-state index contributed by atoms with van der Waals surface area (Å²) in [6, 6.07) is 14.5. The van der Waals surface area contributed by atoms with Crippen molar-refractivity contribution in [1.82, 2.24) is 5.32 Å². The molecule has 2 aromatic carbocycles. The average Bonchev–Trinajstić information content (AvgIpc) is 2.74. The number of piperazine rings is 1. The second kappa shape index (κ2) is 9.34. The third kappa shape index (κ3) is 5.42. The van der Waals surface area contributed by atoms with Crippen molar-refractivity contribution in [2.24, 2.45) is 0 Å². The molecule has 7 heteroatoms. The Bertz CT molecular complexity index is 870. The molecule has 29 heavy (non-hydrogen) atoms. The number of hydrogen-bond acceptors (Lipinski definition) is 4. The van der Waals surface area contributed by atoms with E-state index in [1.165, 1.54) is 4.90 Å². The zero-order valence-corrected chi connectivity index (χ0v) is 16.8. The highest BCUT2D eigenvalue weighted by atomic mass is 16.2. The molecule has 3 N–H and O–H groups in total. The van der Waals surface area contributed by atoms with E-state index < -0.39 is 0 Å². The Morgan fingerprint density at radius 1 is 0.931 bits per heavy atom. The second-order valence-corrected chi connectivity index (χ2v) is 7.22. The molecule has 7 nitrogen and oxygen atoms in total. The van der Waals surface area contributed by atoms with Gasteiger partial charge >= 0.3 is 0 Å². The lowest BCUT2D eigenvalue weighted by Gasteiger charge is -2.33. The average molecular weight is 395 g/mol. The lowest BCUT2D eigenvalue weighted by molar-refractivity contribution is -0.892. The first kappa shape index (κ1) is 20.5. The fourth-order valence-electron chi connectivity index (χ4n) is 3.45. The van der Waals surface area contributed by atoms with Gasteiger partial charge in [-0.05, 0) is 55.5 Å². The lowest BCUT2D eigenvalue weighted by Crippen LogP contribution is -3.15. The normalized spacial score (nSPS) is 14.3. The molecule has 3 rings (SSSR count). The summed E-state index contributed by atoms with van der Waals surface area (Å²) in [6.07, 6.45) is 0. The van der Waals surface area contributed by atoms with E-state index in [0.717, 1.165) is 37.4 Å². The Hall–Kier alpha value is -3.19. The first-order chi connectivity index (χ1) is 14.0. The Morgan fingerprint density at radius 2 is 1.52 bits per heavy atom. The number of ketones is 1. The van der Waals surface area contributed by atoms with Crippen LogP contribution in [0.5, 0.6) is 0 Å². The molecule has 0 saturated carbocycles. The quantitative estimate of drug-likeness (QED) is 0.626. The fraction of sp³-hybridized carbons (Fsp3) is 0.318. The molecule has 0 aliphatic carbocycles. The summed E-state index contributed by atoms with van der Waals surface area (Å²) >= 11 is 0. The summed E-state index contributed by atoms with van der Waals surface area (Å²) in [4.78, 5) is 38.8. The van der Waals surface area contributed by atoms with Crippen LogP contribution in [0.15, 0.2) is 48.5 Å². The lowest BCUT2D eigenvalue weighted by atomic mass is 10.1. The van der Waals surface area contributed by atoms with Gasteiger partial charge < -0.3 is 20.4 Å². The summed E-state index contributed by atoms with van der Waals surface area (Å²) < 4.78 is 0. The van der Waals surface area contributed by atoms with Gasteiger partial charge in [0.1, 0.15) is 0 Å². The van der Waals surface area contributed by atoms with E-state index in [9.17, 15) is 14.4 Å². The van der Waals surface area contributed by atoms with Crippen LogP contribution in [0.3, 0.4) is 0 Å². The molecule has 0 aromatic heterocycles. The minimum atomic E-state index is -0.152. The zero-order valence-electron chi connectivity index (χ0n) is 16.8. The molecule has 0 radical (unpaired) electrons. The van der Waals surface area contributed by atoms with Crippen molar-refractivity contribution in [3.63, 3.8) is 0 Å². The minimum absolute atomic E-state index is 0.0352.